The Hall–Kier alpha value is -3.85. The predicted molar refractivity (Wildman–Crippen MR) is 128 cm³/mol. The Bertz CT molecular complexity index is 1380. The van der Waals surface area contributed by atoms with E-state index in [1.807, 2.05) is 29.6 Å². The highest BCUT2D eigenvalue weighted by Crippen LogP contribution is 2.36. The van der Waals surface area contributed by atoms with Crippen molar-refractivity contribution in [1.82, 2.24) is 4.90 Å². The minimum Gasteiger partial charge on any atom is -0.495 e. The largest absolute Gasteiger partial charge is 0.495 e. The Labute approximate surface area is 199 Å². The van der Waals surface area contributed by atoms with Gasteiger partial charge in [0.05, 0.1) is 17.7 Å². The van der Waals surface area contributed by atoms with E-state index in [-0.39, 0.29) is 5.91 Å². The van der Waals surface area contributed by atoms with Crippen LogP contribution in [0.15, 0.2) is 58.3 Å². The van der Waals surface area contributed by atoms with Crippen LogP contribution < -0.4 is 10.1 Å². The van der Waals surface area contributed by atoms with Gasteiger partial charge in [0.15, 0.2) is 6.61 Å². The van der Waals surface area contributed by atoms with E-state index in [0.29, 0.717) is 41.3 Å². The first kappa shape index (κ1) is 22.0. The normalized spacial score (nSPS) is 15.6. The molecule has 0 saturated carbocycles. The first-order chi connectivity index (χ1) is 16.5. The van der Waals surface area contributed by atoms with E-state index >= 15 is 0 Å². The average Bonchev–Trinajstić information content (AvgIpc) is 3.61. The number of anilines is 1. The molecule has 174 valence electrons. The molecule has 2 aromatic heterocycles. The Morgan fingerprint density at radius 2 is 1.97 bits per heavy atom. The number of fused-ring (bicyclic) bond motifs is 3. The monoisotopic (exact) mass is 478 g/mol. The summed E-state index contributed by atoms with van der Waals surface area (Å²) in [5.41, 5.74) is 1.74. The summed E-state index contributed by atoms with van der Waals surface area (Å²) in [4.78, 5) is 40.0. The van der Waals surface area contributed by atoms with E-state index in [0.717, 1.165) is 16.4 Å². The molecule has 1 aliphatic rings. The van der Waals surface area contributed by atoms with Gasteiger partial charge in [0, 0.05) is 23.4 Å². The van der Waals surface area contributed by atoms with Gasteiger partial charge >= 0.3 is 5.97 Å². The molecule has 2 amide bonds. The molecule has 0 bridgehead atoms. The van der Waals surface area contributed by atoms with Crippen LogP contribution in [0.25, 0.3) is 21.9 Å². The second-order valence-electron chi connectivity index (χ2n) is 7.94. The van der Waals surface area contributed by atoms with Crippen molar-refractivity contribution in [2.24, 2.45) is 0 Å². The highest BCUT2D eigenvalue weighted by atomic mass is 32.1. The lowest BCUT2D eigenvalue weighted by Gasteiger charge is -2.22. The van der Waals surface area contributed by atoms with Crippen molar-refractivity contribution in [3.63, 3.8) is 0 Å². The van der Waals surface area contributed by atoms with E-state index in [9.17, 15) is 14.4 Å². The Balaban J connectivity index is 1.25. The summed E-state index contributed by atoms with van der Waals surface area (Å²) in [6, 6.07) is 14.0. The molecule has 8 nitrogen and oxygen atoms in total. The number of methoxy groups -OCH3 is 1. The van der Waals surface area contributed by atoms with Crippen LogP contribution in [0.2, 0.25) is 0 Å². The first-order valence-electron chi connectivity index (χ1n) is 10.9. The molecule has 0 aliphatic carbocycles. The second kappa shape index (κ2) is 9.18. The fourth-order valence-electron chi connectivity index (χ4n) is 4.23. The Morgan fingerprint density at radius 1 is 1.12 bits per heavy atom. The van der Waals surface area contributed by atoms with Gasteiger partial charge in [-0.25, -0.2) is 4.79 Å². The van der Waals surface area contributed by atoms with Crippen LogP contribution in [-0.2, 0) is 14.3 Å². The van der Waals surface area contributed by atoms with Crippen molar-refractivity contribution in [3.8, 4) is 5.75 Å². The van der Waals surface area contributed by atoms with E-state index in [1.54, 1.807) is 24.3 Å². The van der Waals surface area contributed by atoms with Crippen LogP contribution in [-0.4, -0.2) is 49.0 Å². The number of para-hydroxylation sites is 1. The molecule has 4 aromatic rings. The van der Waals surface area contributed by atoms with Crippen LogP contribution in [0.4, 0.5) is 5.69 Å². The zero-order valence-corrected chi connectivity index (χ0v) is 19.2. The second-order valence-corrected chi connectivity index (χ2v) is 8.88. The number of amides is 2. The summed E-state index contributed by atoms with van der Waals surface area (Å²) >= 11 is 1.33. The quantitative estimate of drug-likeness (QED) is 0.412. The third-order valence-corrected chi connectivity index (χ3v) is 6.69. The van der Waals surface area contributed by atoms with Crippen LogP contribution in [0.5, 0.6) is 5.75 Å². The fraction of sp³-hybridized carbons (Fsp3) is 0.240. The number of esters is 1. The van der Waals surface area contributed by atoms with Crippen LogP contribution in [0, 0.1) is 0 Å². The average molecular weight is 479 g/mol. The third kappa shape index (κ3) is 4.10. The van der Waals surface area contributed by atoms with Gasteiger partial charge in [-0.15, -0.1) is 11.3 Å². The highest BCUT2D eigenvalue weighted by Gasteiger charge is 2.36. The van der Waals surface area contributed by atoms with E-state index < -0.39 is 24.5 Å². The van der Waals surface area contributed by atoms with Gasteiger partial charge in [-0.3, -0.25) is 9.59 Å². The van der Waals surface area contributed by atoms with E-state index in [1.165, 1.54) is 23.3 Å². The number of nitrogens with one attached hydrogen (secondary N) is 1. The fourth-order valence-corrected chi connectivity index (χ4v) is 4.91. The molecule has 1 aliphatic heterocycles. The standard InChI is InChI=1S/C25H22N2O6S/c1-31-21-12-16-15-6-2-3-8-19(15)33-20(16)13-17(21)26-23(28)14-32-25(30)18-7-4-10-27(18)24(29)22-9-5-11-34-22/h2-3,5-6,8-9,11-13,18H,4,7,10,14H2,1H3,(H,26,28). The summed E-state index contributed by atoms with van der Waals surface area (Å²) in [7, 11) is 1.51. The number of carbonyl (C=O) groups excluding carboxylic acids is 3. The molecular weight excluding hydrogens is 456 g/mol. The Kier molecular flexibility index (Phi) is 5.93. The molecule has 34 heavy (non-hydrogen) atoms. The lowest BCUT2D eigenvalue weighted by molar-refractivity contribution is -0.151. The summed E-state index contributed by atoms with van der Waals surface area (Å²) in [6.07, 6.45) is 1.21. The zero-order valence-electron chi connectivity index (χ0n) is 18.4. The minimum atomic E-state index is -0.691. The number of likely N-dealkylation sites (tertiary alicyclic amines) is 1. The predicted octanol–water partition coefficient (Wildman–Crippen LogP) is 4.44. The number of rotatable bonds is 6. The molecule has 1 N–H and O–H groups in total. The van der Waals surface area contributed by atoms with Gasteiger partial charge in [0.2, 0.25) is 0 Å². The number of hydrogen-bond acceptors (Lipinski definition) is 7. The molecule has 0 radical (unpaired) electrons. The summed E-state index contributed by atoms with van der Waals surface area (Å²) in [5, 5.41) is 6.35. The Morgan fingerprint density at radius 3 is 2.76 bits per heavy atom. The van der Waals surface area contributed by atoms with Crippen molar-refractivity contribution in [2.75, 3.05) is 25.6 Å². The number of thiophene rings is 1. The number of ether oxygens (including phenoxy) is 2. The number of carbonyl (C=O) groups is 3. The SMILES string of the molecule is COc1cc2c(cc1NC(=O)COC(=O)C1CCCN1C(=O)c1cccs1)oc1ccccc12. The molecular formula is C25H22N2O6S. The van der Waals surface area contributed by atoms with Crippen molar-refractivity contribution in [3.05, 3.63) is 58.8 Å². The van der Waals surface area contributed by atoms with Gasteiger partial charge in [0.25, 0.3) is 11.8 Å². The molecule has 3 heterocycles. The van der Waals surface area contributed by atoms with Gasteiger partial charge < -0.3 is 24.1 Å². The van der Waals surface area contributed by atoms with Crippen molar-refractivity contribution < 1.29 is 28.3 Å². The summed E-state index contributed by atoms with van der Waals surface area (Å²) < 4.78 is 16.6. The van der Waals surface area contributed by atoms with Gasteiger partial charge in [-0.1, -0.05) is 24.3 Å². The summed E-state index contributed by atoms with van der Waals surface area (Å²) in [5.74, 6) is -0.835. The van der Waals surface area contributed by atoms with Crippen LogP contribution in [0.3, 0.4) is 0 Å². The van der Waals surface area contributed by atoms with Gasteiger partial charge in [0.1, 0.15) is 23.0 Å². The maximum Gasteiger partial charge on any atom is 0.329 e. The smallest absolute Gasteiger partial charge is 0.329 e. The van der Waals surface area contributed by atoms with Crippen molar-refractivity contribution in [2.45, 2.75) is 18.9 Å². The molecule has 9 heteroatoms. The zero-order chi connectivity index (χ0) is 23.7. The topological polar surface area (TPSA) is 98.1 Å². The van der Waals surface area contributed by atoms with E-state index in [2.05, 4.69) is 5.32 Å². The lowest BCUT2D eigenvalue weighted by atomic mass is 10.1. The first-order valence-corrected chi connectivity index (χ1v) is 11.7. The molecule has 5 rings (SSSR count). The molecule has 0 spiro atoms. The maximum atomic E-state index is 12.7. The van der Waals surface area contributed by atoms with E-state index in [4.69, 9.17) is 13.9 Å². The van der Waals surface area contributed by atoms with Crippen molar-refractivity contribution in [1.29, 1.82) is 0 Å². The number of hydrogen-bond donors (Lipinski definition) is 1. The lowest BCUT2D eigenvalue weighted by Crippen LogP contribution is -2.41. The minimum absolute atomic E-state index is 0.192. The number of furan rings is 1. The third-order valence-electron chi connectivity index (χ3n) is 5.84. The molecule has 1 saturated heterocycles. The van der Waals surface area contributed by atoms with Gasteiger partial charge in [-0.2, -0.15) is 0 Å². The molecule has 1 unspecified atom stereocenters. The number of benzene rings is 2. The molecule has 2 aromatic carbocycles. The van der Waals surface area contributed by atoms with Gasteiger partial charge in [-0.05, 0) is 36.4 Å². The number of nitrogens with zero attached hydrogens (tertiary/aromatic N) is 1. The van der Waals surface area contributed by atoms with Crippen LogP contribution >= 0.6 is 11.3 Å². The molecule has 1 atom stereocenters. The van der Waals surface area contributed by atoms with Crippen LogP contribution in [0.1, 0.15) is 22.5 Å². The molecule has 1 fully saturated rings. The van der Waals surface area contributed by atoms with Crippen molar-refractivity contribution >= 4 is 56.7 Å². The maximum absolute atomic E-state index is 12.7. The summed E-state index contributed by atoms with van der Waals surface area (Å²) in [6.45, 7) is 0.00903. The highest BCUT2D eigenvalue weighted by molar-refractivity contribution is 7.12.